The van der Waals surface area contributed by atoms with Crippen molar-refractivity contribution in [2.45, 2.75) is 18.9 Å². The lowest BCUT2D eigenvalue weighted by Gasteiger charge is -2.35. The molecule has 2 aliphatic heterocycles. The van der Waals surface area contributed by atoms with Gasteiger partial charge in [0.2, 0.25) is 11.8 Å². The molecule has 0 saturated carbocycles. The SMILES string of the molecule is COC(=O)C1=C(N)Oc2cc(C)[nH]c(=O)c2[C@@]12C(=O)N(Cc1ccc(F)cc1)c1ccccc12. The molecule has 8 nitrogen and oxygen atoms in total. The Hall–Kier alpha value is -4.40. The minimum Gasteiger partial charge on any atom is -0.465 e. The van der Waals surface area contributed by atoms with Crippen molar-refractivity contribution in [2.75, 3.05) is 12.0 Å². The number of esters is 1. The van der Waals surface area contributed by atoms with E-state index in [-0.39, 0.29) is 29.3 Å². The molecule has 0 saturated heterocycles. The third-order valence-corrected chi connectivity index (χ3v) is 6.16. The van der Waals surface area contributed by atoms with Crippen LogP contribution < -0.4 is 20.9 Å². The predicted molar refractivity (Wildman–Crippen MR) is 120 cm³/mol. The molecule has 1 amide bonds. The molecule has 2 aromatic carbocycles. The number of carbonyl (C=O) groups is 2. The lowest BCUT2D eigenvalue weighted by Crippen LogP contribution is -2.51. The van der Waals surface area contributed by atoms with Crippen molar-refractivity contribution in [1.82, 2.24) is 4.98 Å². The van der Waals surface area contributed by atoms with Gasteiger partial charge in [-0.2, -0.15) is 0 Å². The maximum absolute atomic E-state index is 14.3. The average Bonchev–Trinajstić information content (AvgIpc) is 3.03. The van der Waals surface area contributed by atoms with Crippen LogP contribution in [0.15, 0.2) is 70.8 Å². The zero-order chi connectivity index (χ0) is 24.2. The summed E-state index contributed by atoms with van der Waals surface area (Å²) in [5, 5.41) is 0. The second kappa shape index (κ2) is 7.58. The monoisotopic (exact) mass is 461 g/mol. The molecule has 1 aromatic heterocycles. The second-order valence-electron chi connectivity index (χ2n) is 8.14. The topological polar surface area (TPSA) is 115 Å². The highest BCUT2D eigenvalue weighted by atomic mass is 19.1. The van der Waals surface area contributed by atoms with Crippen molar-refractivity contribution in [3.8, 4) is 5.75 Å². The summed E-state index contributed by atoms with van der Waals surface area (Å²) in [5.74, 6) is -2.11. The summed E-state index contributed by atoms with van der Waals surface area (Å²) in [6, 6.07) is 14.1. The Morgan fingerprint density at radius 3 is 2.59 bits per heavy atom. The van der Waals surface area contributed by atoms with Crippen molar-refractivity contribution in [1.29, 1.82) is 0 Å². The van der Waals surface area contributed by atoms with Crippen LogP contribution in [-0.4, -0.2) is 24.0 Å². The quantitative estimate of drug-likeness (QED) is 0.579. The van der Waals surface area contributed by atoms with Gasteiger partial charge in [0, 0.05) is 23.0 Å². The Labute approximate surface area is 193 Å². The summed E-state index contributed by atoms with van der Waals surface area (Å²) >= 11 is 0. The predicted octanol–water partition coefficient (Wildman–Crippen LogP) is 2.39. The fourth-order valence-corrected chi connectivity index (χ4v) is 4.79. The molecule has 0 unspecified atom stereocenters. The number of fused-ring (bicyclic) bond motifs is 4. The zero-order valence-corrected chi connectivity index (χ0v) is 18.3. The Bertz CT molecular complexity index is 1440. The molecule has 0 aliphatic carbocycles. The van der Waals surface area contributed by atoms with E-state index < -0.39 is 28.7 Å². The minimum atomic E-state index is -1.89. The number of ether oxygens (including phenoxy) is 2. The number of nitrogens with zero attached hydrogens (tertiary/aromatic N) is 1. The number of aryl methyl sites for hydroxylation is 1. The molecule has 9 heteroatoms. The van der Waals surface area contributed by atoms with E-state index in [0.717, 1.165) is 7.11 Å². The van der Waals surface area contributed by atoms with Gasteiger partial charge in [-0.15, -0.1) is 0 Å². The van der Waals surface area contributed by atoms with E-state index in [2.05, 4.69) is 4.98 Å². The Morgan fingerprint density at radius 2 is 1.88 bits per heavy atom. The summed E-state index contributed by atoms with van der Waals surface area (Å²) in [6.45, 7) is 1.74. The molecule has 2 aliphatic rings. The minimum absolute atomic E-state index is 0.0493. The number of halogens is 1. The van der Waals surface area contributed by atoms with Crippen LogP contribution in [0.4, 0.5) is 10.1 Å². The summed E-state index contributed by atoms with van der Waals surface area (Å²) in [6.07, 6.45) is 0. The molecule has 0 bridgehead atoms. The number of carbonyl (C=O) groups excluding carboxylic acids is 2. The van der Waals surface area contributed by atoms with Crippen LogP contribution in [0.25, 0.3) is 0 Å². The number of para-hydroxylation sites is 1. The number of aromatic amines is 1. The fourth-order valence-electron chi connectivity index (χ4n) is 4.79. The lowest BCUT2D eigenvalue weighted by molar-refractivity contribution is -0.138. The summed E-state index contributed by atoms with van der Waals surface area (Å²) in [4.78, 5) is 44.8. The molecular formula is C25H20FN3O5. The number of nitrogens with one attached hydrogen (secondary N) is 1. The number of nitrogens with two attached hydrogens (primary N) is 1. The van der Waals surface area contributed by atoms with Gasteiger partial charge in [0.1, 0.15) is 22.6 Å². The van der Waals surface area contributed by atoms with E-state index in [4.69, 9.17) is 15.2 Å². The lowest BCUT2D eigenvalue weighted by atomic mass is 9.68. The maximum atomic E-state index is 14.3. The molecule has 5 rings (SSSR count). The first kappa shape index (κ1) is 21.4. The maximum Gasteiger partial charge on any atom is 0.340 e. The van der Waals surface area contributed by atoms with Crippen LogP contribution in [0.5, 0.6) is 5.75 Å². The van der Waals surface area contributed by atoms with E-state index in [1.165, 1.54) is 17.0 Å². The number of hydrogen-bond donors (Lipinski definition) is 2. The van der Waals surface area contributed by atoms with Gasteiger partial charge in [0.15, 0.2) is 0 Å². The smallest absolute Gasteiger partial charge is 0.340 e. The first-order valence-corrected chi connectivity index (χ1v) is 10.5. The van der Waals surface area contributed by atoms with Crippen molar-refractivity contribution in [3.63, 3.8) is 0 Å². The van der Waals surface area contributed by atoms with Crippen molar-refractivity contribution >= 4 is 17.6 Å². The molecule has 3 aromatic rings. The number of amides is 1. The van der Waals surface area contributed by atoms with E-state index in [1.807, 2.05) is 0 Å². The molecule has 0 radical (unpaired) electrons. The van der Waals surface area contributed by atoms with Crippen LogP contribution >= 0.6 is 0 Å². The van der Waals surface area contributed by atoms with Crippen LogP contribution in [-0.2, 0) is 26.3 Å². The molecule has 1 spiro atoms. The zero-order valence-electron chi connectivity index (χ0n) is 18.3. The number of methoxy groups -OCH3 is 1. The molecule has 3 N–H and O–H groups in total. The van der Waals surface area contributed by atoms with Gasteiger partial charge in [-0.05, 0) is 30.7 Å². The van der Waals surface area contributed by atoms with Gasteiger partial charge in [-0.25, -0.2) is 9.18 Å². The van der Waals surface area contributed by atoms with Crippen LogP contribution in [0.2, 0.25) is 0 Å². The first-order chi connectivity index (χ1) is 16.3. The molecule has 34 heavy (non-hydrogen) atoms. The van der Waals surface area contributed by atoms with E-state index in [9.17, 15) is 18.8 Å². The van der Waals surface area contributed by atoms with Gasteiger partial charge in [-0.3, -0.25) is 9.59 Å². The number of pyridine rings is 1. The third-order valence-electron chi connectivity index (χ3n) is 6.16. The highest BCUT2D eigenvalue weighted by Crippen LogP contribution is 2.54. The van der Waals surface area contributed by atoms with Gasteiger partial charge < -0.3 is 25.1 Å². The van der Waals surface area contributed by atoms with Crippen LogP contribution in [0.3, 0.4) is 0 Å². The molecule has 1 atom stereocenters. The van der Waals surface area contributed by atoms with Gasteiger partial charge >= 0.3 is 5.97 Å². The molecular weight excluding hydrogens is 441 g/mol. The molecule has 172 valence electrons. The first-order valence-electron chi connectivity index (χ1n) is 10.5. The Kier molecular flexibility index (Phi) is 4.78. The standard InChI is InChI=1S/C25H20FN3O5/c1-13-11-18-19(22(30)28-13)25(20(21(27)34-18)23(31)33-2)16-5-3-4-6-17(16)29(24(25)32)12-14-7-9-15(26)10-8-14/h3-11H,12,27H2,1-2H3,(H,28,30)/t25-/m1/s1. The molecule has 3 heterocycles. The Morgan fingerprint density at radius 1 is 1.18 bits per heavy atom. The Balaban J connectivity index is 1.83. The number of anilines is 1. The summed E-state index contributed by atoms with van der Waals surface area (Å²) in [7, 11) is 1.16. The van der Waals surface area contributed by atoms with Crippen molar-refractivity contribution < 1.29 is 23.5 Å². The van der Waals surface area contributed by atoms with Gasteiger partial charge in [0.25, 0.3) is 5.56 Å². The number of rotatable bonds is 3. The van der Waals surface area contributed by atoms with Gasteiger partial charge in [-0.1, -0.05) is 30.3 Å². The normalized spacial score (nSPS) is 18.6. The van der Waals surface area contributed by atoms with Crippen molar-refractivity contribution in [2.24, 2.45) is 5.73 Å². The molecule has 0 fully saturated rings. The second-order valence-corrected chi connectivity index (χ2v) is 8.14. The number of aromatic nitrogens is 1. The van der Waals surface area contributed by atoms with E-state index in [0.29, 0.717) is 22.5 Å². The van der Waals surface area contributed by atoms with Crippen LogP contribution in [0.1, 0.15) is 22.4 Å². The fraction of sp³-hybridized carbons (Fsp3) is 0.160. The summed E-state index contributed by atoms with van der Waals surface area (Å²) in [5.41, 5.74) is 5.43. The average molecular weight is 461 g/mol. The highest BCUT2D eigenvalue weighted by molar-refractivity contribution is 6.18. The number of benzene rings is 2. The highest BCUT2D eigenvalue weighted by Gasteiger charge is 2.62. The largest absolute Gasteiger partial charge is 0.465 e. The van der Waals surface area contributed by atoms with E-state index in [1.54, 1.807) is 49.4 Å². The van der Waals surface area contributed by atoms with Crippen LogP contribution in [0, 0.1) is 12.7 Å². The van der Waals surface area contributed by atoms with E-state index >= 15 is 0 Å². The number of hydrogen-bond acceptors (Lipinski definition) is 6. The summed E-state index contributed by atoms with van der Waals surface area (Å²) < 4.78 is 24.1. The third kappa shape index (κ3) is 2.86. The van der Waals surface area contributed by atoms with Crippen molar-refractivity contribution in [3.05, 3.63) is 105 Å². The number of H-pyrrole nitrogens is 1. The van der Waals surface area contributed by atoms with Gasteiger partial charge in [0.05, 0.1) is 19.2 Å².